The van der Waals surface area contributed by atoms with E-state index in [0.717, 1.165) is 12.8 Å². The summed E-state index contributed by atoms with van der Waals surface area (Å²) >= 11 is 0. The standard InChI is InChI=1S/C9H16N2/c1-11(2)9-5-3-4-8(6-9)7-10/h8-9H,3-6H2,1-2H3/t8?,9-/m0/s1. The van der Waals surface area contributed by atoms with Crippen molar-refractivity contribution in [1.82, 2.24) is 4.90 Å². The average Bonchev–Trinajstić information content (AvgIpc) is 2.05. The predicted molar refractivity (Wildman–Crippen MR) is 45.0 cm³/mol. The van der Waals surface area contributed by atoms with Crippen molar-refractivity contribution in [1.29, 1.82) is 5.26 Å². The average molecular weight is 152 g/mol. The monoisotopic (exact) mass is 152 g/mol. The number of nitriles is 1. The van der Waals surface area contributed by atoms with Gasteiger partial charge in [0, 0.05) is 12.0 Å². The first kappa shape index (κ1) is 8.55. The Morgan fingerprint density at radius 2 is 2.09 bits per heavy atom. The Bertz CT molecular complexity index is 157. The Hall–Kier alpha value is -0.550. The van der Waals surface area contributed by atoms with E-state index in [1.807, 2.05) is 0 Å². The molecule has 0 aromatic heterocycles. The van der Waals surface area contributed by atoms with E-state index in [1.54, 1.807) is 0 Å². The van der Waals surface area contributed by atoms with E-state index >= 15 is 0 Å². The molecule has 0 spiro atoms. The van der Waals surface area contributed by atoms with Gasteiger partial charge in [0.05, 0.1) is 6.07 Å². The van der Waals surface area contributed by atoms with Gasteiger partial charge < -0.3 is 4.90 Å². The minimum atomic E-state index is 0.316. The maximum absolute atomic E-state index is 8.72. The fraction of sp³-hybridized carbons (Fsp3) is 0.889. The molecule has 0 heterocycles. The molecule has 0 aliphatic heterocycles. The van der Waals surface area contributed by atoms with Crippen molar-refractivity contribution in [3.63, 3.8) is 0 Å². The minimum absolute atomic E-state index is 0.316. The van der Waals surface area contributed by atoms with Crippen molar-refractivity contribution < 1.29 is 0 Å². The first-order valence-electron chi connectivity index (χ1n) is 4.30. The van der Waals surface area contributed by atoms with Crippen LogP contribution in [0.3, 0.4) is 0 Å². The molecule has 0 amide bonds. The van der Waals surface area contributed by atoms with Crippen LogP contribution in [0.15, 0.2) is 0 Å². The zero-order valence-electron chi connectivity index (χ0n) is 7.38. The van der Waals surface area contributed by atoms with Crippen molar-refractivity contribution in [3.8, 4) is 6.07 Å². The van der Waals surface area contributed by atoms with Crippen LogP contribution in [0.5, 0.6) is 0 Å². The van der Waals surface area contributed by atoms with Crippen LogP contribution in [0.1, 0.15) is 25.7 Å². The summed E-state index contributed by atoms with van der Waals surface area (Å²) < 4.78 is 0. The molecule has 0 N–H and O–H groups in total. The van der Waals surface area contributed by atoms with Gasteiger partial charge in [-0.15, -0.1) is 0 Å². The van der Waals surface area contributed by atoms with E-state index < -0.39 is 0 Å². The molecular weight excluding hydrogens is 136 g/mol. The van der Waals surface area contributed by atoms with Gasteiger partial charge in [-0.1, -0.05) is 6.42 Å². The lowest BCUT2D eigenvalue weighted by Crippen LogP contribution is -2.32. The van der Waals surface area contributed by atoms with Crippen LogP contribution in [0.2, 0.25) is 0 Å². The van der Waals surface area contributed by atoms with Crippen LogP contribution in [-0.2, 0) is 0 Å². The molecule has 62 valence electrons. The van der Waals surface area contributed by atoms with Crippen molar-refractivity contribution in [2.75, 3.05) is 14.1 Å². The Balaban J connectivity index is 2.41. The summed E-state index contributed by atoms with van der Waals surface area (Å²) in [5.74, 6) is 0.316. The fourth-order valence-electron chi connectivity index (χ4n) is 1.75. The normalized spacial score (nSPS) is 31.8. The maximum atomic E-state index is 8.72. The van der Waals surface area contributed by atoms with Crippen molar-refractivity contribution in [2.45, 2.75) is 31.7 Å². The predicted octanol–water partition coefficient (Wildman–Crippen LogP) is 1.63. The third-order valence-electron chi connectivity index (χ3n) is 2.56. The van der Waals surface area contributed by atoms with E-state index in [-0.39, 0.29) is 0 Å². The van der Waals surface area contributed by atoms with Gasteiger partial charge in [0.25, 0.3) is 0 Å². The van der Waals surface area contributed by atoms with Gasteiger partial charge in [-0.3, -0.25) is 0 Å². The second-order valence-corrected chi connectivity index (χ2v) is 3.61. The molecule has 0 saturated heterocycles. The molecule has 1 fully saturated rings. The first-order valence-corrected chi connectivity index (χ1v) is 4.30. The molecule has 1 unspecified atom stereocenters. The van der Waals surface area contributed by atoms with Gasteiger partial charge in [0.15, 0.2) is 0 Å². The van der Waals surface area contributed by atoms with Gasteiger partial charge in [-0.05, 0) is 33.4 Å². The highest BCUT2D eigenvalue weighted by molar-refractivity contribution is 4.89. The molecule has 0 bridgehead atoms. The third-order valence-corrected chi connectivity index (χ3v) is 2.56. The Morgan fingerprint density at radius 1 is 1.36 bits per heavy atom. The zero-order chi connectivity index (χ0) is 8.27. The van der Waals surface area contributed by atoms with Gasteiger partial charge in [-0.2, -0.15) is 5.26 Å². The molecule has 2 atom stereocenters. The fourth-order valence-corrected chi connectivity index (χ4v) is 1.75. The molecule has 2 heteroatoms. The molecule has 1 aliphatic rings. The van der Waals surface area contributed by atoms with Crippen molar-refractivity contribution >= 4 is 0 Å². The molecular formula is C9H16N2. The van der Waals surface area contributed by atoms with Crippen molar-refractivity contribution in [2.24, 2.45) is 5.92 Å². The summed E-state index contributed by atoms with van der Waals surface area (Å²) in [7, 11) is 4.20. The van der Waals surface area contributed by atoms with Crippen LogP contribution in [-0.4, -0.2) is 25.0 Å². The topological polar surface area (TPSA) is 27.0 Å². The van der Waals surface area contributed by atoms with Gasteiger partial charge in [0.2, 0.25) is 0 Å². The minimum Gasteiger partial charge on any atom is -0.306 e. The van der Waals surface area contributed by atoms with E-state index in [9.17, 15) is 0 Å². The molecule has 0 aromatic rings. The van der Waals surface area contributed by atoms with E-state index in [1.165, 1.54) is 12.8 Å². The highest BCUT2D eigenvalue weighted by Gasteiger charge is 2.22. The first-order chi connectivity index (χ1) is 5.24. The summed E-state index contributed by atoms with van der Waals surface area (Å²) in [5.41, 5.74) is 0. The maximum Gasteiger partial charge on any atom is 0.0656 e. The molecule has 1 aliphatic carbocycles. The number of hydrogen-bond donors (Lipinski definition) is 0. The van der Waals surface area contributed by atoms with E-state index in [4.69, 9.17) is 5.26 Å². The van der Waals surface area contributed by atoms with Crippen molar-refractivity contribution in [3.05, 3.63) is 0 Å². The van der Waals surface area contributed by atoms with E-state index in [2.05, 4.69) is 25.1 Å². The second kappa shape index (κ2) is 3.73. The van der Waals surface area contributed by atoms with Crippen LogP contribution >= 0.6 is 0 Å². The molecule has 11 heavy (non-hydrogen) atoms. The number of rotatable bonds is 1. The highest BCUT2D eigenvalue weighted by Crippen LogP contribution is 2.25. The summed E-state index contributed by atoms with van der Waals surface area (Å²) in [6.45, 7) is 0. The summed E-state index contributed by atoms with van der Waals surface area (Å²) in [4.78, 5) is 2.24. The lowest BCUT2D eigenvalue weighted by Gasteiger charge is -2.30. The molecule has 2 nitrogen and oxygen atoms in total. The quantitative estimate of drug-likeness (QED) is 0.571. The smallest absolute Gasteiger partial charge is 0.0656 e. The lowest BCUT2D eigenvalue weighted by molar-refractivity contribution is 0.206. The molecule has 1 rings (SSSR count). The van der Waals surface area contributed by atoms with Crippen LogP contribution in [0.25, 0.3) is 0 Å². The Kier molecular flexibility index (Phi) is 2.90. The Labute approximate surface area is 68.8 Å². The van der Waals surface area contributed by atoms with Gasteiger partial charge in [-0.25, -0.2) is 0 Å². The number of hydrogen-bond acceptors (Lipinski definition) is 2. The Morgan fingerprint density at radius 3 is 2.64 bits per heavy atom. The number of nitrogens with zero attached hydrogens (tertiary/aromatic N) is 2. The third kappa shape index (κ3) is 2.20. The summed E-state index contributed by atoms with van der Waals surface area (Å²) in [5, 5.41) is 8.72. The molecule has 1 saturated carbocycles. The van der Waals surface area contributed by atoms with Gasteiger partial charge in [0.1, 0.15) is 0 Å². The second-order valence-electron chi connectivity index (χ2n) is 3.61. The van der Waals surface area contributed by atoms with Crippen LogP contribution < -0.4 is 0 Å². The van der Waals surface area contributed by atoms with Crippen LogP contribution in [0, 0.1) is 17.2 Å². The largest absolute Gasteiger partial charge is 0.306 e. The van der Waals surface area contributed by atoms with E-state index in [0.29, 0.717) is 12.0 Å². The molecule has 0 radical (unpaired) electrons. The summed E-state index contributed by atoms with van der Waals surface area (Å²) in [6, 6.07) is 3.01. The van der Waals surface area contributed by atoms with Gasteiger partial charge >= 0.3 is 0 Å². The molecule has 0 aromatic carbocycles. The summed E-state index contributed by atoms with van der Waals surface area (Å²) in [6.07, 6.45) is 4.68. The highest BCUT2D eigenvalue weighted by atomic mass is 15.1. The van der Waals surface area contributed by atoms with Crippen LogP contribution in [0.4, 0.5) is 0 Å². The lowest BCUT2D eigenvalue weighted by atomic mass is 9.86. The zero-order valence-corrected chi connectivity index (χ0v) is 7.38. The SMILES string of the molecule is CN(C)[C@H]1CCCC(C#N)C1.